The zero-order chi connectivity index (χ0) is 15.6. The molecule has 1 amide bonds. The minimum Gasteiger partial charge on any atom is -0.338 e. The van der Waals surface area contributed by atoms with Crippen molar-refractivity contribution < 1.29 is 9.72 Å². The molecule has 2 rings (SSSR count). The molecule has 0 N–H and O–H groups in total. The fraction of sp³-hybridized carbons (Fsp3) is 0.538. The number of carbonyl (C=O) groups is 1. The van der Waals surface area contributed by atoms with Crippen molar-refractivity contribution in [1.82, 2.24) is 14.8 Å². The van der Waals surface area contributed by atoms with Gasteiger partial charge in [-0.25, -0.2) is 4.98 Å². The van der Waals surface area contributed by atoms with Crippen molar-refractivity contribution >= 4 is 23.2 Å². The third kappa shape index (κ3) is 3.48. The number of pyridine rings is 1. The van der Waals surface area contributed by atoms with Gasteiger partial charge in [0.05, 0.1) is 4.92 Å². The first-order valence-corrected chi connectivity index (χ1v) is 7.03. The van der Waals surface area contributed by atoms with Crippen LogP contribution in [0.4, 0.5) is 5.69 Å². The van der Waals surface area contributed by atoms with Gasteiger partial charge in [0.15, 0.2) is 0 Å². The van der Waals surface area contributed by atoms with E-state index in [-0.39, 0.29) is 22.3 Å². The number of rotatable bonds is 3. The number of carbonyl (C=O) groups excluding carboxylic acids is 1. The summed E-state index contributed by atoms with van der Waals surface area (Å²) in [5, 5.41) is 11.1. The van der Waals surface area contributed by atoms with Crippen LogP contribution in [0.3, 0.4) is 0 Å². The van der Waals surface area contributed by atoms with Crippen molar-refractivity contribution in [2.75, 3.05) is 27.2 Å². The molecule has 1 aromatic rings. The van der Waals surface area contributed by atoms with Gasteiger partial charge in [0.1, 0.15) is 16.9 Å². The Morgan fingerprint density at radius 2 is 2.10 bits per heavy atom. The summed E-state index contributed by atoms with van der Waals surface area (Å²) in [6, 6.07) is 1.70. The number of halogens is 1. The zero-order valence-corrected chi connectivity index (χ0v) is 12.7. The van der Waals surface area contributed by atoms with E-state index in [0.717, 1.165) is 19.0 Å². The molecule has 1 aliphatic heterocycles. The molecule has 8 heteroatoms. The number of likely N-dealkylation sites (tertiary alicyclic amines) is 1. The Kier molecular flexibility index (Phi) is 4.74. The molecule has 1 fully saturated rings. The molecule has 0 spiro atoms. The summed E-state index contributed by atoms with van der Waals surface area (Å²) in [5.41, 5.74) is -0.303. The van der Waals surface area contributed by atoms with Crippen molar-refractivity contribution in [1.29, 1.82) is 0 Å². The molecular formula is C13H17ClN4O3. The number of nitrogens with zero attached hydrogens (tertiary/aromatic N) is 4. The molecule has 1 saturated heterocycles. The van der Waals surface area contributed by atoms with E-state index in [9.17, 15) is 14.9 Å². The van der Waals surface area contributed by atoms with E-state index < -0.39 is 4.92 Å². The van der Waals surface area contributed by atoms with Crippen LogP contribution >= 0.6 is 11.6 Å². The van der Waals surface area contributed by atoms with Gasteiger partial charge in [-0.05, 0) is 33.0 Å². The SMILES string of the molecule is CN(C)C1CCN(C(=O)c2cc(Cl)ncc2[N+](=O)[O-])CC1. The van der Waals surface area contributed by atoms with Crippen LogP contribution in [-0.2, 0) is 0 Å². The Morgan fingerprint density at radius 3 is 2.62 bits per heavy atom. The molecule has 1 aromatic heterocycles. The Balaban J connectivity index is 2.18. The Labute approximate surface area is 127 Å². The first-order chi connectivity index (χ1) is 9.90. The highest BCUT2D eigenvalue weighted by atomic mass is 35.5. The maximum absolute atomic E-state index is 12.5. The fourth-order valence-electron chi connectivity index (χ4n) is 2.50. The summed E-state index contributed by atoms with van der Waals surface area (Å²) in [7, 11) is 4.02. The van der Waals surface area contributed by atoms with Crippen molar-refractivity contribution in [2.24, 2.45) is 0 Å². The summed E-state index contributed by atoms with van der Waals surface area (Å²) >= 11 is 5.76. The van der Waals surface area contributed by atoms with Crippen LogP contribution in [-0.4, -0.2) is 58.8 Å². The predicted octanol–water partition coefficient (Wildman–Crippen LogP) is 1.81. The van der Waals surface area contributed by atoms with E-state index in [4.69, 9.17) is 11.6 Å². The number of aromatic nitrogens is 1. The van der Waals surface area contributed by atoms with Gasteiger partial charge in [-0.15, -0.1) is 0 Å². The highest BCUT2D eigenvalue weighted by Gasteiger charge is 2.29. The Bertz CT molecular complexity index is 556. The summed E-state index contributed by atoms with van der Waals surface area (Å²) in [5.74, 6) is -0.358. The van der Waals surface area contributed by atoms with E-state index in [2.05, 4.69) is 9.88 Å². The van der Waals surface area contributed by atoms with E-state index in [0.29, 0.717) is 19.1 Å². The Hall–Kier alpha value is -1.73. The maximum Gasteiger partial charge on any atom is 0.300 e. The minimum atomic E-state index is -0.608. The third-order valence-electron chi connectivity index (χ3n) is 3.76. The smallest absolute Gasteiger partial charge is 0.300 e. The summed E-state index contributed by atoms with van der Waals surface area (Å²) in [6.07, 6.45) is 2.73. The molecule has 0 unspecified atom stereocenters. The second-order valence-electron chi connectivity index (χ2n) is 5.27. The molecule has 0 aromatic carbocycles. The van der Waals surface area contributed by atoms with Crippen LogP contribution in [0.25, 0.3) is 0 Å². The number of piperidine rings is 1. The monoisotopic (exact) mass is 312 g/mol. The van der Waals surface area contributed by atoms with E-state index in [1.807, 2.05) is 14.1 Å². The number of hydrogen-bond acceptors (Lipinski definition) is 5. The highest BCUT2D eigenvalue weighted by molar-refractivity contribution is 6.29. The van der Waals surface area contributed by atoms with Crippen LogP contribution in [0.1, 0.15) is 23.2 Å². The van der Waals surface area contributed by atoms with Gasteiger partial charge in [-0.3, -0.25) is 14.9 Å². The standard InChI is InChI=1S/C13H17ClN4O3/c1-16(2)9-3-5-17(6-4-9)13(19)10-7-12(14)15-8-11(10)18(20)21/h7-9H,3-6H2,1-2H3. The van der Waals surface area contributed by atoms with Crippen LogP contribution < -0.4 is 0 Å². The van der Waals surface area contributed by atoms with Gasteiger partial charge in [0.25, 0.3) is 11.6 Å². The molecule has 0 atom stereocenters. The molecule has 0 aliphatic carbocycles. The fourth-order valence-corrected chi connectivity index (χ4v) is 2.65. The maximum atomic E-state index is 12.5. The van der Waals surface area contributed by atoms with Crippen LogP contribution in [0, 0.1) is 10.1 Å². The van der Waals surface area contributed by atoms with Crippen LogP contribution in [0.2, 0.25) is 5.15 Å². The van der Waals surface area contributed by atoms with E-state index in [1.54, 1.807) is 4.90 Å². The molecule has 0 saturated carbocycles. The second kappa shape index (κ2) is 6.36. The molecule has 21 heavy (non-hydrogen) atoms. The highest BCUT2D eigenvalue weighted by Crippen LogP contribution is 2.24. The molecule has 0 bridgehead atoms. The zero-order valence-electron chi connectivity index (χ0n) is 12.0. The molecule has 7 nitrogen and oxygen atoms in total. The summed E-state index contributed by atoms with van der Waals surface area (Å²) in [6.45, 7) is 1.16. The van der Waals surface area contributed by atoms with Gasteiger partial charge in [0, 0.05) is 19.1 Å². The van der Waals surface area contributed by atoms with Gasteiger partial charge < -0.3 is 9.80 Å². The van der Waals surface area contributed by atoms with Gasteiger partial charge in [-0.2, -0.15) is 0 Å². The largest absolute Gasteiger partial charge is 0.338 e. The molecule has 0 radical (unpaired) electrons. The third-order valence-corrected chi connectivity index (χ3v) is 3.97. The predicted molar refractivity (Wildman–Crippen MR) is 78.5 cm³/mol. The molecule has 1 aliphatic rings. The lowest BCUT2D eigenvalue weighted by atomic mass is 10.0. The molecular weight excluding hydrogens is 296 g/mol. The van der Waals surface area contributed by atoms with Gasteiger partial charge in [-0.1, -0.05) is 11.6 Å². The first kappa shape index (κ1) is 15.7. The van der Waals surface area contributed by atoms with E-state index >= 15 is 0 Å². The molecule has 114 valence electrons. The Morgan fingerprint density at radius 1 is 1.48 bits per heavy atom. The topological polar surface area (TPSA) is 79.6 Å². The van der Waals surface area contributed by atoms with E-state index in [1.165, 1.54) is 6.07 Å². The lowest BCUT2D eigenvalue weighted by Crippen LogP contribution is -2.44. The van der Waals surface area contributed by atoms with Crippen molar-refractivity contribution in [3.8, 4) is 0 Å². The normalized spacial score (nSPS) is 16.3. The van der Waals surface area contributed by atoms with Gasteiger partial charge in [0.2, 0.25) is 0 Å². The number of hydrogen-bond donors (Lipinski definition) is 0. The summed E-state index contributed by atoms with van der Waals surface area (Å²) in [4.78, 5) is 30.3. The lowest BCUT2D eigenvalue weighted by Gasteiger charge is -2.35. The minimum absolute atomic E-state index is 0.00306. The van der Waals surface area contributed by atoms with Crippen molar-refractivity contribution in [3.63, 3.8) is 0 Å². The number of amides is 1. The first-order valence-electron chi connectivity index (χ1n) is 6.65. The van der Waals surface area contributed by atoms with Crippen molar-refractivity contribution in [3.05, 3.63) is 33.1 Å². The number of nitro groups is 1. The average Bonchev–Trinajstić information content (AvgIpc) is 2.46. The summed E-state index contributed by atoms with van der Waals surface area (Å²) < 4.78 is 0. The quantitative estimate of drug-likeness (QED) is 0.483. The molecule has 2 heterocycles. The van der Waals surface area contributed by atoms with Crippen molar-refractivity contribution in [2.45, 2.75) is 18.9 Å². The van der Waals surface area contributed by atoms with Crippen LogP contribution in [0.5, 0.6) is 0 Å². The average molecular weight is 313 g/mol. The van der Waals surface area contributed by atoms with Crippen LogP contribution in [0.15, 0.2) is 12.3 Å². The second-order valence-corrected chi connectivity index (χ2v) is 5.66. The van der Waals surface area contributed by atoms with Gasteiger partial charge >= 0.3 is 0 Å². The lowest BCUT2D eigenvalue weighted by molar-refractivity contribution is -0.385.